The summed E-state index contributed by atoms with van der Waals surface area (Å²) in [6.07, 6.45) is 3.38. The Kier molecular flexibility index (Phi) is 5.30. The Hall–Kier alpha value is -2.46. The number of methoxy groups -OCH3 is 1. The molecule has 0 bridgehead atoms. The molecule has 0 amide bonds. The highest BCUT2D eigenvalue weighted by molar-refractivity contribution is 5.97. The predicted molar refractivity (Wildman–Crippen MR) is 117 cm³/mol. The molecule has 0 aromatic heterocycles. The first-order chi connectivity index (χ1) is 13.9. The second-order valence-corrected chi connectivity index (χ2v) is 8.51. The zero-order valence-electron chi connectivity index (χ0n) is 17.9. The van der Waals surface area contributed by atoms with E-state index in [9.17, 15) is 5.11 Å². The van der Waals surface area contributed by atoms with Gasteiger partial charge in [0.25, 0.3) is 0 Å². The van der Waals surface area contributed by atoms with E-state index in [-0.39, 0.29) is 0 Å². The molecule has 2 aliphatic rings. The highest BCUT2D eigenvalue weighted by atomic mass is 16.5. The molecule has 0 spiro atoms. The monoisotopic (exact) mass is 393 g/mol. The van der Waals surface area contributed by atoms with E-state index in [1.807, 2.05) is 18.2 Å². The second kappa shape index (κ2) is 7.75. The van der Waals surface area contributed by atoms with Crippen LogP contribution < -0.4 is 9.47 Å². The first-order valence-corrected chi connectivity index (χ1v) is 10.6. The Morgan fingerprint density at radius 3 is 2.41 bits per heavy atom. The summed E-state index contributed by atoms with van der Waals surface area (Å²) in [5.74, 6) is 1.95. The third-order valence-corrected chi connectivity index (χ3v) is 6.10. The zero-order chi connectivity index (χ0) is 20.6. The summed E-state index contributed by atoms with van der Waals surface area (Å²) in [7, 11) is 1.68. The molecule has 2 aliphatic heterocycles. The third-order valence-electron chi connectivity index (χ3n) is 6.10. The largest absolute Gasteiger partial charge is 0.507 e. The van der Waals surface area contributed by atoms with Crippen molar-refractivity contribution >= 4 is 11.1 Å². The summed E-state index contributed by atoms with van der Waals surface area (Å²) < 4.78 is 11.7. The number of allylic oxidation sites excluding steroid dienone is 1. The number of likely N-dealkylation sites (tertiary alicyclic amines) is 1. The lowest BCUT2D eigenvalue weighted by Crippen LogP contribution is -2.34. The van der Waals surface area contributed by atoms with Gasteiger partial charge in [-0.1, -0.05) is 19.1 Å². The van der Waals surface area contributed by atoms with E-state index < -0.39 is 5.60 Å². The van der Waals surface area contributed by atoms with Crippen molar-refractivity contribution < 1.29 is 14.6 Å². The SMILES string of the molecule is CCC1=C(c2ccc(OC)cc2)C(C)(C)Oc2cc(O)c(CN3CCCC3)cc21. The zero-order valence-corrected chi connectivity index (χ0v) is 17.9. The Bertz CT molecular complexity index is 922. The van der Waals surface area contributed by atoms with Gasteiger partial charge in [0.1, 0.15) is 22.8 Å². The fourth-order valence-corrected chi connectivity index (χ4v) is 4.71. The second-order valence-electron chi connectivity index (χ2n) is 8.51. The highest BCUT2D eigenvalue weighted by Crippen LogP contribution is 2.48. The van der Waals surface area contributed by atoms with E-state index >= 15 is 0 Å². The summed E-state index contributed by atoms with van der Waals surface area (Å²) in [6.45, 7) is 9.39. The number of benzene rings is 2. The van der Waals surface area contributed by atoms with Crippen molar-refractivity contribution in [2.45, 2.75) is 52.2 Å². The molecule has 0 unspecified atom stereocenters. The van der Waals surface area contributed by atoms with Gasteiger partial charge in [-0.3, -0.25) is 4.90 Å². The van der Waals surface area contributed by atoms with Crippen LogP contribution in [-0.2, 0) is 6.54 Å². The minimum atomic E-state index is -0.490. The maximum Gasteiger partial charge on any atom is 0.131 e. The molecule has 29 heavy (non-hydrogen) atoms. The number of phenolic OH excluding ortho intramolecular Hbond substituents is 1. The number of fused-ring (bicyclic) bond motifs is 1. The van der Waals surface area contributed by atoms with Crippen LogP contribution in [0.3, 0.4) is 0 Å². The fourth-order valence-electron chi connectivity index (χ4n) is 4.71. The van der Waals surface area contributed by atoms with E-state index in [4.69, 9.17) is 9.47 Å². The molecule has 0 atom stereocenters. The summed E-state index contributed by atoms with van der Waals surface area (Å²) >= 11 is 0. The van der Waals surface area contributed by atoms with Gasteiger partial charge in [-0.2, -0.15) is 0 Å². The summed E-state index contributed by atoms with van der Waals surface area (Å²) in [6, 6.07) is 12.1. The lowest BCUT2D eigenvalue weighted by molar-refractivity contribution is 0.167. The Morgan fingerprint density at radius 2 is 1.79 bits per heavy atom. The van der Waals surface area contributed by atoms with Crippen LogP contribution in [0.2, 0.25) is 0 Å². The predicted octanol–water partition coefficient (Wildman–Crippen LogP) is 5.49. The number of rotatable bonds is 5. The molecule has 4 heteroatoms. The normalized spacial score (nSPS) is 18.5. The van der Waals surface area contributed by atoms with Crippen molar-refractivity contribution in [3.05, 3.63) is 53.1 Å². The van der Waals surface area contributed by atoms with Crippen molar-refractivity contribution in [2.75, 3.05) is 20.2 Å². The van der Waals surface area contributed by atoms with E-state index in [2.05, 4.69) is 43.9 Å². The van der Waals surface area contributed by atoms with Crippen LogP contribution >= 0.6 is 0 Å². The van der Waals surface area contributed by atoms with Crippen LogP contribution in [0.15, 0.2) is 36.4 Å². The van der Waals surface area contributed by atoms with E-state index in [1.54, 1.807) is 7.11 Å². The minimum Gasteiger partial charge on any atom is -0.507 e. The smallest absolute Gasteiger partial charge is 0.131 e. The van der Waals surface area contributed by atoms with E-state index in [0.29, 0.717) is 5.75 Å². The lowest BCUT2D eigenvalue weighted by Gasteiger charge is -2.38. The number of phenols is 1. The average molecular weight is 394 g/mol. The lowest BCUT2D eigenvalue weighted by atomic mass is 9.80. The fraction of sp³-hybridized carbons (Fsp3) is 0.440. The van der Waals surface area contributed by atoms with Gasteiger partial charge in [0.15, 0.2) is 0 Å². The molecule has 2 aromatic rings. The highest BCUT2D eigenvalue weighted by Gasteiger charge is 2.36. The van der Waals surface area contributed by atoms with Gasteiger partial charge in [0.05, 0.1) is 7.11 Å². The average Bonchev–Trinajstić information content (AvgIpc) is 3.21. The van der Waals surface area contributed by atoms with Crippen LogP contribution in [0.25, 0.3) is 11.1 Å². The maximum atomic E-state index is 10.7. The summed E-state index contributed by atoms with van der Waals surface area (Å²) in [5, 5.41) is 10.7. The molecule has 0 aliphatic carbocycles. The molecular weight excluding hydrogens is 362 g/mol. The number of ether oxygens (including phenoxy) is 2. The maximum absolute atomic E-state index is 10.7. The van der Waals surface area contributed by atoms with Crippen LogP contribution in [0.5, 0.6) is 17.2 Å². The molecule has 4 nitrogen and oxygen atoms in total. The van der Waals surface area contributed by atoms with Crippen molar-refractivity contribution in [2.24, 2.45) is 0 Å². The van der Waals surface area contributed by atoms with E-state index in [1.165, 1.54) is 24.0 Å². The number of hydrogen-bond donors (Lipinski definition) is 1. The Labute approximate surface area is 173 Å². The standard InChI is InChI=1S/C25H31NO3/c1-5-20-21-14-18(16-26-12-6-7-13-26)22(27)15-23(21)29-25(2,3)24(20)17-8-10-19(28-4)11-9-17/h8-11,14-15,27H,5-7,12-13,16H2,1-4H3. The van der Waals surface area contributed by atoms with Crippen molar-refractivity contribution in [1.29, 1.82) is 0 Å². The number of aromatic hydroxyl groups is 1. The minimum absolute atomic E-state index is 0.329. The van der Waals surface area contributed by atoms with Crippen molar-refractivity contribution in [1.82, 2.24) is 4.90 Å². The molecule has 2 aromatic carbocycles. The van der Waals surface area contributed by atoms with Gasteiger partial charge < -0.3 is 14.6 Å². The van der Waals surface area contributed by atoms with E-state index in [0.717, 1.165) is 54.2 Å². The van der Waals surface area contributed by atoms with Crippen molar-refractivity contribution in [3.8, 4) is 17.2 Å². The quantitative estimate of drug-likeness (QED) is 0.729. The summed E-state index contributed by atoms with van der Waals surface area (Å²) in [5.41, 5.74) is 5.22. The summed E-state index contributed by atoms with van der Waals surface area (Å²) in [4.78, 5) is 2.41. The van der Waals surface area contributed by atoms with Crippen LogP contribution in [-0.4, -0.2) is 35.8 Å². The first-order valence-electron chi connectivity index (χ1n) is 10.6. The van der Waals surface area contributed by atoms with Crippen LogP contribution in [0.4, 0.5) is 0 Å². The molecule has 0 radical (unpaired) electrons. The Morgan fingerprint density at radius 1 is 1.10 bits per heavy atom. The molecule has 1 N–H and O–H groups in total. The van der Waals surface area contributed by atoms with Gasteiger partial charge in [-0.25, -0.2) is 0 Å². The molecule has 0 saturated carbocycles. The molecule has 154 valence electrons. The van der Waals surface area contributed by atoms with Crippen LogP contribution in [0.1, 0.15) is 56.7 Å². The van der Waals surface area contributed by atoms with Gasteiger partial charge in [-0.15, -0.1) is 0 Å². The first kappa shape index (κ1) is 19.8. The van der Waals surface area contributed by atoms with Crippen LogP contribution in [0, 0.1) is 0 Å². The van der Waals surface area contributed by atoms with Crippen molar-refractivity contribution in [3.63, 3.8) is 0 Å². The molecule has 4 rings (SSSR count). The molecule has 2 heterocycles. The van der Waals surface area contributed by atoms with Gasteiger partial charge in [0, 0.05) is 29.3 Å². The third kappa shape index (κ3) is 3.74. The Balaban J connectivity index is 1.82. The topological polar surface area (TPSA) is 41.9 Å². The number of nitrogens with zero attached hydrogens (tertiary/aromatic N) is 1. The molecular formula is C25H31NO3. The molecule has 1 saturated heterocycles. The van der Waals surface area contributed by atoms with Gasteiger partial charge in [-0.05, 0) is 75.5 Å². The number of hydrogen-bond acceptors (Lipinski definition) is 4. The van der Waals surface area contributed by atoms with Gasteiger partial charge >= 0.3 is 0 Å². The molecule has 1 fully saturated rings. The van der Waals surface area contributed by atoms with Gasteiger partial charge in [0.2, 0.25) is 0 Å².